The number of hydrogen-bond donors (Lipinski definition) is 2. The molecule has 0 atom stereocenters. The van der Waals surface area contributed by atoms with Crippen LogP contribution in [0, 0.1) is 17.1 Å². The van der Waals surface area contributed by atoms with Gasteiger partial charge >= 0.3 is 0 Å². The number of benzene rings is 2. The van der Waals surface area contributed by atoms with Gasteiger partial charge in [-0.25, -0.2) is 4.39 Å². The number of nitrogens with zero attached hydrogens (tertiary/aromatic N) is 1. The Morgan fingerprint density at radius 1 is 1.12 bits per heavy atom. The van der Waals surface area contributed by atoms with Gasteiger partial charge in [-0.2, -0.15) is 5.26 Å². The van der Waals surface area contributed by atoms with Gasteiger partial charge in [0.15, 0.2) is 0 Å². The van der Waals surface area contributed by atoms with Gasteiger partial charge in [-0.1, -0.05) is 6.07 Å². The molecule has 2 aromatic rings. The Hall–Kier alpha value is -2.54. The minimum Gasteiger partial charge on any atom is -0.508 e. The summed E-state index contributed by atoms with van der Waals surface area (Å²) in [5, 5.41) is 20.9. The first-order valence-electron chi connectivity index (χ1n) is 4.95. The number of hydrogen-bond acceptors (Lipinski definition) is 3. The van der Waals surface area contributed by atoms with Gasteiger partial charge in [0.05, 0.1) is 5.69 Å². The van der Waals surface area contributed by atoms with E-state index in [-0.39, 0.29) is 11.3 Å². The van der Waals surface area contributed by atoms with E-state index >= 15 is 0 Å². The summed E-state index contributed by atoms with van der Waals surface area (Å²) in [6.07, 6.45) is 0. The molecular weight excluding hydrogens is 219 g/mol. The van der Waals surface area contributed by atoms with Gasteiger partial charge in [-0.15, -0.1) is 0 Å². The lowest BCUT2D eigenvalue weighted by Crippen LogP contribution is -1.95. The summed E-state index contributed by atoms with van der Waals surface area (Å²) in [6.45, 7) is 0. The highest BCUT2D eigenvalue weighted by Crippen LogP contribution is 2.23. The Kier molecular flexibility index (Phi) is 2.93. The molecule has 0 amide bonds. The van der Waals surface area contributed by atoms with E-state index < -0.39 is 5.82 Å². The quantitative estimate of drug-likeness (QED) is 0.776. The van der Waals surface area contributed by atoms with Crippen molar-refractivity contribution in [2.45, 2.75) is 0 Å². The van der Waals surface area contributed by atoms with E-state index in [1.54, 1.807) is 18.2 Å². The van der Waals surface area contributed by atoms with Crippen LogP contribution in [0.5, 0.6) is 5.75 Å². The Bertz CT molecular complexity index is 573. The molecule has 0 radical (unpaired) electrons. The fourth-order valence-corrected chi connectivity index (χ4v) is 1.44. The van der Waals surface area contributed by atoms with Crippen molar-refractivity contribution in [3.05, 3.63) is 53.8 Å². The summed E-state index contributed by atoms with van der Waals surface area (Å²) in [7, 11) is 0. The zero-order valence-electron chi connectivity index (χ0n) is 8.81. The van der Waals surface area contributed by atoms with Crippen molar-refractivity contribution in [2.75, 3.05) is 5.32 Å². The number of phenolic OH excluding ortho intramolecular Hbond substituents is 1. The van der Waals surface area contributed by atoms with Crippen molar-refractivity contribution >= 4 is 11.4 Å². The van der Waals surface area contributed by atoms with Gasteiger partial charge in [0.1, 0.15) is 23.2 Å². The highest BCUT2D eigenvalue weighted by Gasteiger charge is 2.07. The van der Waals surface area contributed by atoms with Crippen molar-refractivity contribution in [3.63, 3.8) is 0 Å². The van der Waals surface area contributed by atoms with E-state index in [0.717, 1.165) is 0 Å². The molecule has 2 N–H and O–H groups in total. The van der Waals surface area contributed by atoms with Crippen molar-refractivity contribution in [2.24, 2.45) is 0 Å². The number of halogens is 1. The third kappa shape index (κ3) is 2.34. The van der Waals surface area contributed by atoms with Crippen LogP contribution in [0.3, 0.4) is 0 Å². The van der Waals surface area contributed by atoms with Gasteiger partial charge in [-0.05, 0) is 36.4 Å². The van der Waals surface area contributed by atoms with Crippen LogP contribution in [-0.4, -0.2) is 5.11 Å². The first-order valence-corrected chi connectivity index (χ1v) is 4.95. The van der Waals surface area contributed by atoms with Crippen LogP contribution in [0.1, 0.15) is 5.56 Å². The molecule has 0 saturated heterocycles. The molecule has 0 spiro atoms. The predicted octanol–water partition coefficient (Wildman–Crippen LogP) is 3.15. The molecular formula is C13H9FN2O. The number of nitrogens with one attached hydrogen (secondary N) is 1. The molecule has 4 heteroatoms. The van der Waals surface area contributed by atoms with Crippen LogP contribution >= 0.6 is 0 Å². The van der Waals surface area contributed by atoms with Gasteiger partial charge in [-0.3, -0.25) is 0 Å². The zero-order chi connectivity index (χ0) is 12.3. The van der Waals surface area contributed by atoms with Crippen molar-refractivity contribution in [1.82, 2.24) is 0 Å². The van der Waals surface area contributed by atoms with E-state index in [1.807, 2.05) is 6.07 Å². The van der Waals surface area contributed by atoms with Crippen LogP contribution in [0.2, 0.25) is 0 Å². The molecule has 0 aromatic heterocycles. The maximum atomic E-state index is 13.3. The lowest BCUT2D eigenvalue weighted by molar-refractivity contribution is 0.475. The molecule has 3 nitrogen and oxygen atoms in total. The number of phenols is 1. The summed E-state index contributed by atoms with van der Waals surface area (Å²) in [6, 6.07) is 12.5. The minimum atomic E-state index is -0.559. The molecule has 0 bridgehead atoms. The van der Waals surface area contributed by atoms with Crippen molar-refractivity contribution < 1.29 is 9.50 Å². The predicted molar refractivity (Wildman–Crippen MR) is 62.5 cm³/mol. The highest BCUT2D eigenvalue weighted by atomic mass is 19.1. The van der Waals surface area contributed by atoms with Crippen molar-refractivity contribution in [3.8, 4) is 11.8 Å². The minimum absolute atomic E-state index is 0.0272. The number of aromatic hydroxyl groups is 1. The summed E-state index contributed by atoms with van der Waals surface area (Å²) in [5.41, 5.74) is 1.05. The number of nitriles is 1. The zero-order valence-corrected chi connectivity index (χ0v) is 8.81. The second-order valence-electron chi connectivity index (χ2n) is 3.45. The van der Waals surface area contributed by atoms with E-state index in [0.29, 0.717) is 11.4 Å². The second kappa shape index (κ2) is 4.54. The van der Waals surface area contributed by atoms with E-state index in [2.05, 4.69) is 5.32 Å². The second-order valence-corrected chi connectivity index (χ2v) is 3.45. The molecule has 0 fully saturated rings. The SMILES string of the molecule is N#Cc1c(F)cccc1Nc1ccc(O)cc1. The van der Waals surface area contributed by atoms with E-state index in [1.165, 1.54) is 24.3 Å². The van der Waals surface area contributed by atoms with Crippen LogP contribution in [0.15, 0.2) is 42.5 Å². The van der Waals surface area contributed by atoms with Crippen LogP contribution in [0.4, 0.5) is 15.8 Å². The Morgan fingerprint density at radius 2 is 1.82 bits per heavy atom. The smallest absolute Gasteiger partial charge is 0.143 e. The molecule has 0 aliphatic rings. The fourth-order valence-electron chi connectivity index (χ4n) is 1.44. The third-order valence-corrected chi connectivity index (χ3v) is 2.27. The standard InChI is InChI=1S/C13H9FN2O/c14-12-2-1-3-13(11(12)8-15)16-9-4-6-10(17)7-5-9/h1-7,16-17H. The molecule has 0 unspecified atom stereocenters. The molecule has 84 valence electrons. The maximum Gasteiger partial charge on any atom is 0.143 e. The van der Waals surface area contributed by atoms with Crippen molar-refractivity contribution in [1.29, 1.82) is 5.26 Å². The Balaban J connectivity index is 2.34. The summed E-state index contributed by atoms with van der Waals surface area (Å²) in [5.74, 6) is -0.411. The molecule has 0 heterocycles. The lowest BCUT2D eigenvalue weighted by atomic mass is 10.1. The first kappa shape index (κ1) is 11.0. The third-order valence-electron chi connectivity index (χ3n) is 2.27. The largest absolute Gasteiger partial charge is 0.508 e. The van der Waals surface area contributed by atoms with E-state index in [9.17, 15) is 4.39 Å². The Morgan fingerprint density at radius 3 is 2.47 bits per heavy atom. The summed E-state index contributed by atoms with van der Waals surface area (Å²) < 4.78 is 13.3. The average molecular weight is 228 g/mol. The van der Waals surface area contributed by atoms with Gasteiger partial charge in [0, 0.05) is 5.69 Å². The van der Waals surface area contributed by atoms with E-state index in [4.69, 9.17) is 10.4 Å². The highest BCUT2D eigenvalue weighted by molar-refractivity contribution is 5.66. The van der Waals surface area contributed by atoms with Gasteiger partial charge in [0.2, 0.25) is 0 Å². The molecule has 0 saturated carbocycles. The molecule has 0 aliphatic heterocycles. The molecule has 17 heavy (non-hydrogen) atoms. The van der Waals surface area contributed by atoms with Crippen LogP contribution < -0.4 is 5.32 Å². The lowest BCUT2D eigenvalue weighted by Gasteiger charge is -2.08. The normalized spacial score (nSPS) is 9.65. The first-order chi connectivity index (χ1) is 8.20. The maximum absolute atomic E-state index is 13.3. The monoisotopic (exact) mass is 228 g/mol. The summed E-state index contributed by atoms with van der Waals surface area (Å²) in [4.78, 5) is 0. The number of rotatable bonds is 2. The van der Waals surface area contributed by atoms with Crippen LogP contribution in [0.25, 0.3) is 0 Å². The molecule has 2 rings (SSSR count). The average Bonchev–Trinajstić information content (AvgIpc) is 2.32. The molecule has 0 aliphatic carbocycles. The molecule has 2 aromatic carbocycles. The Labute approximate surface area is 97.8 Å². The summed E-state index contributed by atoms with van der Waals surface area (Å²) >= 11 is 0. The fraction of sp³-hybridized carbons (Fsp3) is 0. The van der Waals surface area contributed by atoms with Crippen LogP contribution in [-0.2, 0) is 0 Å². The van der Waals surface area contributed by atoms with Gasteiger partial charge < -0.3 is 10.4 Å². The number of anilines is 2. The van der Waals surface area contributed by atoms with Gasteiger partial charge in [0.25, 0.3) is 0 Å². The topological polar surface area (TPSA) is 56.0 Å².